The first-order valence-corrected chi connectivity index (χ1v) is 12.4. The maximum absolute atomic E-state index is 10.7. The molecule has 0 heterocycles. The van der Waals surface area contributed by atoms with Gasteiger partial charge in [0.25, 0.3) is 0 Å². The quantitative estimate of drug-likeness (QED) is 0.126. The Morgan fingerprint density at radius 3 is 1.24 bits per heavy atom. The standard InChI is InChI=1S/C8H14O3.C7H12O3.C7H12O2.C6H10O2.4CH4/c1-4-7(9)5-11-8(10)6(2)3;1-3-6(8)5-10-7(9)4-2;1-4-5-9-7(8)6(2)3;1-3-5-8-6(7)4-2;;;;/h7,9H,2,4-5H2,1,3H3;4,6,8H,2-3,5H2,1H3;2,4-5H2,1,3H3;4H,2-3,5H2,1H3;4*1H4. The van der Waals surface area contributed by atoms with E-state index in [1.165, 1.54) is 0 Å². The van der Waals surface area contributed by atoms with Gasteiger partial charge in [-0.25, -0.2) is 19.2 Å². The molecule has 0 spiro atoms. The van der Waals surface area contributed by atoms with E-state index in [4.69, 9.17) is 14.9 Å². The molecular formula is C32H64O10. The Kier molecular flexibility index (Phi) is 58.7. The Morgan fingerprint density at radius 1 is 0.619 bits per heavy atom. The van der Waals surface area contributed by atoms with Crippen molar-refractivity contribution in [3.05, 3.63) is 49.6 Å². The first-order chi connectivity index (χ1) is 17.8. The molecular weight excluding hydrogens is 544 g/mol. The van der Waals surface area contributed by atoms with Crippen LogP contribution in [0.2, 0.25) is 0 Å². The number of rotatable bonds is 14. The van der Waals surface area contributed by atoms with E-state index >= 15 is 0 Å². The Morgan fingerprint density at radius 2 is 0.929 bits per heavy atom. The molecule has 0 aromatic rings. The lowest BCUT2D eigenvalue weighted by atomic mass is 10.3. The Bertz CT molecular complexity index is 714. The average molecular weight is 609 g/mol. The molecule has 0 bridgehead atoms. The summed E-state index contributed by atoms with van der Waals surface area (Å²) in [6, 6.07) is 0. The maximum atomic E-state index is 10.7. The molecule has 2 atom stereocenters. The maximum Gasteiger partial charge on any atom is 0.333 e. The highest BCUT2D eigenvalue weighted by molar-refractivity contribution is 5.87. The van der Waals surface area contributed by atoms with Gasteiger partial charge in [0, 0.05) is 23.3 Å². The zero-order valence-corrected chi connectivity index (χ0v) is 24.0. The van der Waals surface area contributed by atoms with Gasteiger partial charge in [-0.2, -0.15) is 0 Å². The number of hydrogen-bond acceptors (Lipinski definition) is 10. The van der Waals surface area contributed by atoms with Crippen LogP contribution in [0.1, 0.15) is 96.9 Å². The highest BCUT2D eigenvalue weighted by Gasteiger charge is 2.06. The van der Waals surface area contributed by atoms with Crippen molar-refractivity contribution in [2.75, 3.05) is 26.4 Å². The van der Waals surface area contributed by atoms with E-state index in [0.29, 0.717) is 37.2 Å². The number of hydrogen-bond donors (Lipinski definition) is 2. The van der Waals surface area contributed by atoms with Gasteiger partial charge in [-0.05, 0) is 39.5 Å². The summed E-state index contributed by atoms with van der Waals surface area (Å²) >= 11 is 0. The number of aliphatic hydroxyl groups is 2. The number of carbonyl (C=O) groups excluding carboxylic acids is 4. The van der Waals surface area contributed by atoms with Crippen molar-refractivity contribution in [1.82, 2.24) is 0 Å². The van der Waals surface area contributed by atoms with E-state index in [1.54, 1.807) is 13.8 Å². The smallest absolute Gasteiger partial charge is 0.333 e. The fraction of sp³-hybridized carbons (Fsp3) is 0.625. The molecule has 0 rings (SSSR count). The topological polar surface area (TPSA) is 146 Å². The molecule has 0 aromatic heterocycles. The number of aliphatic hydroxyl groups excluding tert-OH is 2. The molecule has 0 aromatic carbocycles. The Labute approximate surface area is 257 Å². The van der Waals surface area contributed by atoms with Crippen LogP contribution in [0.15, 0.2) is 49.6 Å². The molecule has 0 aliphatic heterocycles. The Balaban J connectivity index is -0.0000000596. The second-order valence-corrected chi connectivity index (χ2v) is 7.62. The van der Waals surface area contributed by atoms with Crippen LogP contribution in [0.3, 0.4) is 0 Å². The normalized spacial score (nSPS) is 9.52. The van der Waals surface area contributed by atoms with Crippen LogP contribution < -0.4 is 0 Å². The molecule has 0 aliphatic rings. The minimum absolute atomic E-state index is 0. The fourth-order valence-electron chi connectivity index (χ4n) is 1.35. The lowest BCUT2D eigenvalue weighted by Crippen LogP contribution is -2.17. The molecule has 42 heavy (non-hydrogen) atoms. The van der Waals surface area contributed by atoms with Gasteiger partial charge < -0.3 is 29.2 Å². The number of carbonyl (C=O) groups is 4. The lowest BCUT2D eigenvalue weighted by molar-refractivity contribution is -0.142. The molecule has 0 fully saturated rings. The fourth-order valence-corrected chi connectivity index (χ4v) is 1.35. The van der Waals surface area contributed by atoms with E-state index in [2.05, 4.69) is 40.5 Å². The molecule has 0 radical (unpaired) electrons. The summed E-state index contributed by atoms with van der Waals surface area (Å²) in [6.07, 6.45) is 4.02. The predicted molar refractivity (Wildman–Crippen MR) is 174 cm³/mol. The van der Waals surface area contributed by atoms with E-state index in [9.17, 15) is 19.2 Å². The van der Waals surface area contributed by atoms with Crippen molar-refractivity contribution in [2.45, 2.75) is 109 Å². The highest BCUT2D eigenvalue weighted by Crippen LogP contribution is 1.96. The van der Waals surface area contributed by atoms with Crippen molar-refractivity contribution < 1.29 is 48.3 Å². The van der Waals surface area contributed by atoms with Crippen LogP contribution in [0.5, 0.6) is 0 Å². The van der Waals surface area contributed by atoms with Gasteiger partial charge in [-0.15, -0.1) is 0 Å². The molecule has 0 amide bonds. The third kappa shape index (κ3) is 49.7. The third-order valence-corrected chi connectivity index (χ3v) is 3.68. The van der Waals surface area contributed by atoms with Crippen LogP contribution in [-0.4, -0.2) is 72.7 Å². The average Bonchev–Trinajstić information content (AvgIpc) is 2.91. The summed E-state index contributed by atoms with van der Waals surface area (Å²) in [7, 11) is 0. The van der Waals surface area contributed by atoms with Crippen LogP contribution in [0, 0.1) is 0 Å². The molecule has 0 saturated carbocycles. The molecule has 252 valence electrons. The molecule has 2 N–H and O–H groups in total. The van der Waals surface area contributed by atoms with Crippen molar-refractivity contribution >= 4 is 23.9 Å². The highest BCUT2D eigenvalue weighted by atomic mass is 16.5. The molecule has 0 saturated heterocycles. The second kappa shape index (κ2) is 42.2. The lowest BCUT2D eigenvalue weighted by Gasteiger charge is -2.07. The largest absolute Gasteiger partial charge is 0.463 e. The van der Waals surface area contributed by atoms with Crippen molar-refractivity contribution in [3.63, 3.8) is 0 Å². The van der Waals surface area contributed by atoms with Gasteiger partial charge >= 0.3 is 23.9 Å². The number of esters is 4. The zero-order chi connectivity index (χ0) is 30.5. The molecule has 2 unspecified atom stereocenters. The van der Waals surface area contributed by atoms with Crippen LogP contribution >= 0.6 is 0 Å². The zero-order valence-electron chi connectivity index (χ0n) is 24.0. The van der Waals surface area contributed by atoms with Crippen LogP contribution in [0.4, 0.5) is 0 Å². The summed E-state index contributed by atoms with van der Waals surface area (Å²) < 4.78 is 18.5. The predicted octanol–water partition coefficient (Wildman–Crippen LogP) is 6.55. The van der Waals surface area contributed by atoms with Gasteiger partial charge in [0.1, 0.15) is 13.2 Å². The van der Waals surface area contributed by atoms with Crippen molar-refractivity contribution in [1.29, 1.82) is 0 Å². The first kappa shape index (κ1) is 58.4. The van der Waals surface area contributed by atoms with Crippen LogP contribution in [-0.2, 0) is 38.1 Å². The minimum Gasteiger partial charge on any atom is -0.463 e. The van der Waals surface area contributed by atoms with Crippen LogP contribution in [0.25, 0.3) is 0 Å². The van der Waals surface area contributed by atoms with Crippen molar-refractivity contribution in [3.8, 4) is 0 Å². The van der Waals surface area contributed by atoms with Gasteiger partial charge in [0.15, 0.2) is 0 Å². The van der Waals surface area contributed by atoms with Gasteiger partial charge in [0.05, 0.1) is 25.4 Å². The van der Waals surface area contributed by atoms with E-state index in [1.807, 2.05) is 27.7 Å². The Hall–Kier alpha value is -3.24. The minimum atomic E-state index is -0.557. The van der Waals surface area contributed by atoms with E-state index in [0.717, 1.165) is 25.0 Å². The molecule has 10 heteroatoms. The summed E-state index contributed by atoms with van der Waals surface area (Å²) in [6.45, 7) is 25.1. The van der Waals surface area contributed by atoms with E-state index < -0.39 is 24.1 Å². The number of ether oxygens (including phenoxy) is 4. The van der Waals surface area contributed by atoms with Gasteiger partial charge in [-0.1, -0.05) is 83.7 Å². The summed E-state index contributed by atoms with van der Waals surface area (Å²) in [5.74, 6) is -1.58. The summed E-state index contributed by atoms with van der Waals surface area (Å²) in [5, 5.41) is 17.9. The molecule has 10 nitrogen and oxygen atoms in total. The van der Waals surface area contributed by atoms with Gasteiger partial charge in [0.2, 0.25) is 0 Å². The molecule has 0 aliphatic carbocycles. The monoisotopic (exact) mass is 608 g/mol. The first-order valence-electron chi connectivity index (χ1n) is 12.4. The third-order valence-electron chi connectivity index (χ3n) is 3.68. The summed E-state index contributed by atoms with van der Waals surface area (Å²) in [4.78, 5) is 41.9. The SMILES string of the molecule is C.C.C.C.C=C(C)C(=O)OCC(O)CC.C=C(C)C(=O)OCCC.C=CC(=O)OCC(O)CC.C=CC(=O)OCCC. The summed E-state index contributed by atoms with van der Waals surface area (Å²) in [5.41, 5.74) is 0.816. The van der Waals surface area contributed by atoms with Gasteiger partial charge in [-0.3, -0.25) is 0 Å². The van der Waals surface area contributed by atoms with E-state index in [-0.39, 0.29) is 54.9 Å². The second-order valence-electron chi connectivity index (χ2n) is 7.62. The van der Waals surface area contributed by atoms with Crippen molar-refractivity contribution in [2.24, 2.45) is 0 Å².